The Hall–Kier alpha value is -3.35. The summed E-state index contributed by atoms with van der Waals surface area (Å²) in [5.74, 6) is 2.40. The number of aromatic amines is 1. The number of carbonyl (C=O) groups is 1. The lowest BCUT2D eigenvalue weighted by molar-refractivity contribution is -0.133. The number of H-pyrrole nitrogens is 1. The van der Waals surface area contributed by atoms with E-state index >= 15 is 0 Å². The minimum absolute atomic E-state index is 0.285. The minimum atomic E-state index is 0.285. The lowest BCUT2D eigenvalue weighted by atomic mass is 9.95. The SMILES string of the molecule is Nc1nccn2c(C3CCN(C(=O)C4CC4)CC3)nc(-c3cc4ccccc4[nH]3)c12. The van der Waals surface area contributed by atoms with Gasteiger partial charge in [0.25, 0.3) is 0 Å². The second-order valence-corrected chi connectivity index (χ2v) is 8.49. The third-order valence-corrected chi connectivity index (χ3v) is 6.49. The van der Waals surface area contributed by atoms with E-state index in [-0.39, 0.29) is 5.92 Å². The summed E-state index contributed by atoms with van der Waals surface area (Å²) < 4.78 is 2.09. The van der Waals surface area contributed by atoms with Gasteiger partial charge in [0.15, 0.2) is 0 Å². The van der Waals surface area contributed by atoms with E-state index in [9.17, 15) is 4.79 Å². The Morgan fingerprint density at radius 2 is 1.93 bits per heavy atom. The Morgan fingerprint density at radius 3 is 2.70 bits per heavy atom. The molecule has 1 amide bonds. The van der Waals surface area contributed by atoms with Crippen LogP contribution in [0.2, 0.25) is 0 Å². The number of aromatic nitrogens is 4. The van der Waals surface area contributed by atoms with Gasteiger partial charge in [0.05, 0.1) is 5.69 Å². The quantitative estimate of drug-likeness (QED) is 0.550. The number of anilines is 1. The summed E-state index contributed by atoms with van der Waals surface area (Å²) in [6.07, 6.45) is 7.64. The number of piperidine rings is 1. The maximum Gasteiger partial charge on any atom is 0.225 e. The van der Waals surface area contributed by atoms with Crippen molar-refractivity contribution in [3.63, 3.8) is 0 Å². The van der Waals surface area contributed by atoms with Crippen LogP contribution in [0.3, 0.4) is 0 Å². The number of hydrogen-bond donors (Lipinski definition) is 2. The second-order valence-electron chi connectivity index (χ2n) is 8.49. The van der Waals surface area contributed by atoms with Crippen LogP contribution in [-0.4, -0.2) is 43.2 Å². The number of imidazole rings is 1. The Morgan fingerprint density at radius 1 is 1.13 bits per heavy atom. The number of rotatable bonds is 3. The number of hydrogen-bond acceptors (Lipinski definition) is 4. The highest BCUT2D eigenvalue weighted by Gasteiger charge is 2.36. The van der Waals surface area contributed by atoms with Crippen molar-refractivity contribution >= 4 is 28.1 Å². The molecule has 1 aromatic carbocycles. The molecule has 2 aliphatic rings. The van der Waals surface area contributed by atoms with Gasteiger partial charge in [-0.2, -0.15) is 0 Å². The summed E-state index contributed by atoms with van der Waals surface area (Å²) in [5, 5.41) is 1.14. The van der Waals surface area contributed by atoms with E-state index in [0.29, 0.717) is 17.6 Å². The van der Waals surface area contributed by atoms with E-state index in [1.807, 2.05) is 23.2 Å². The molecule has 3 N–H and O–H groups in total. The first-order valence-corrected chi connectivity index (χ1v) is 10.7. The lowest BCUT2D eigenvalue weighted by Gasteiger charge is -2.31. The number of nitrogens with zero attached hydrogens (tertiary/aromatic N) is 4. The van der Waals surface area contributed by atoms with Crippen molar-refractivity contribution in [2.45, 2.75) is 31.6 Å². The number of para-hydroxylation sites is 1. The summed E-state index contributed by atoms with van der Waals surface area (Å²) in [6, 6.07) is 10.3. The number of nitrogens with one attached hydrogen (secondary N) is 1. The molecule has 1 aliphatic carbocycles. The monoisotopic (exact) mass is 400 g/mol. The summed E-state index contributed by atoms with van der Waals surface area (Å²) >= 11 is 0. The van der Waals surface area contributed by atoms with E-state index in [0.717, 1.165) is 72.4 Å². The number of likely N-dealkylation sites (tertiary alicyclic amines) is 1. The predicted molar refractivity (Wildman–Crippen MR) is 116 cm³/mol. The summed E-state index contributed by atoms with van der Waals surface area (Å²) in [7, 11) is 0. The van der Waals surface area contributed by atoms with Crippen molar-refractivity contribution < 1.29 is 4.79 Å². The first kappa shape index (κ1) is 17.5. The maximum atomic E-state index is 12.4. The van der Waals surface area contributed by atoms with Crippen molar-refractivity contribution in [2.75, 3.05) is 18.8 Å². The molecule has 0 radical (unpaired) electrons. The van der Waals surface area contributed by atoms with Gasteiger partial charge in [-0.3, -0.25) is 9.20 Å². The zero-order valence-corrected chi connectivity index (χ0v) is 16.7. The van der Waals surface area contributed by atoms with Crippen molar-refractivity contribution in [3.05, 3.63) is 48.5 Å². The molecule has 0 bridgehead atoms. The molecule has 4 heterocycles. The van der Waals surface area contributed by atoms with Crippen LogP contribution in [0.1, 0.15) is 37.4 Å². The fourth-order valence-electron chi connectivity index (χ4n) is 4.71. The fraction of sp³-hybridized carbons (Fsp3) is 0.348. The number of amides is 1. The average Bonchev–Trinajstić information content (AvgIpc) is 3.41. The zero-order chi connectivity index (χ0) is 20.2. The molecule has 0 spiro atoms. The number of nitrogen functional groups attached to an aromatic ring is 1. The number of fused-ring (bicyclic) bond motifs is 2. The second kappa shape index (κ2) is 6.58. The van der Waals surface area contributed by atoms with Crippen LogP contribution in [0, 0.1) is 5.92 Å². The largest absolute Gasteiger partial charge is 0.382 e. The number of benzene rings is 1. The van der Waals surface area contributed by atoms with Crippen LogP contribution in [0.5, 0.6) is 0 Å². The Balaban J connectivity index is 1.39. The highest BCUT2D eigenvalue weighted by Crippen LogP contribution is 2.37. The van der Waals surface area contributed by atoms with E-state index in [4.69, 9.17) is 10.7 Å². The molecular formula is C23H24N6O. The molecular weight excluding hydrogens is 376 g/mol. The van der Waals surface area contributed by atoms with Gasteiger partial charge in [0.2, 0.25) is 5.91 Å². The molecule has 1 saturated heterocycles. The van der Waals surface area contributed by atoms with Gasteiger partial charge >= 0.3 is 0 Å². The van der Waals surface area contributed by atoms with Gasteiger partial charge in [-0.15, -0.1) is 0 Å². The van der Waals surface area contributed by atoms with Gasteiger partial charge in [-0.25, -0.2) is 9.97 Å². The molecule has 3 aromatic heterocycles. The summed E-state index contributed by atoms with van der Waals surface area (Å²) in [5.41, 5.74) is 9.99. The average molecular weight is 400 g/mol. The van der Waals surface area contributed by atoms with Crippen molar-refractivity contribution in [2.24, 2.45) is 5.92 Å². The third-order valence-electron chi connectivity index (χ3n) is 6.49. The van der Waals surface area contributed by atoms with Crippen LogP contribution in [0.15, 0.2) is 42.7 Å². The molecule has 1 aliphatic heterocycles. The molecule has 30 heavy (non-hydrogen) atoms. The van der Waals surface area contributed by atoms with Crippen molar-refractivity contribution in [1.82, 2.24) is 24.3 Å². The molecule has 7 heteroatoms. The maximum absolute atomic E-state index is 12.4. The molecule has 0 atom stereocenters. The van der Waals surface area contributed by atoms with Crippen LogP contribution in [-0.2, 0) is 4.79 Å². The van der Waals surface area contributed by atoms with Crippen molar-refractivity contribution in [1.29, 1.82) is 0 Å². The molecule has 2 fully saturated rings. The molecule has 0 unspecified atom stereocenters. The number of carbonyl (C=O) groups excluding carboxylic acids is 1. The fourth-order valence-corrected chi connectivity index (χ4v) is 4.71. The number of nitrogens with two attached hydrogens (primary N) is 1. The van der Waals surface area contributed by atoms with Gasteiger partial charge < -0.3 is 15.6 Å². The summed E-state index contributed by atoms with van der Waals surface area (Å²) in [4.78, 5) is 27.3. The molecule has 7 nitrogen and oxygen atoms in total. The normalized spacial score (nSPS) is 17.8. The van der Waals surface area contributed by atoms with Gasteiger partial charge in [-0.1, -0.05) is 18.2 Å². The Kier molecular flexibility index (Phi) is 3.84. The first-order valence-electron chi connectivity index (χ1n) is 10.7. The van der Waals surface area contributed by atoms with E-state index in [2.05, 4.69) is 32.6 Å². The van der Waals surface area contributed by atoms with E-state index < -0.39 is 0 Å². The van der Waals surface area contributed by atoms with E-state index in [1.54, 1.807) is 6.20 Å². The summed E-state index contributed by atoms with van der Waals surface area (Å²) in [6.45, 7) is 1.61. The predicted octanol–water partition coefficient (Wildman–Crippen LogP) is 3.58. The van der Waals surface area contributed by atoms with Crippen molar-refractivity contribution in [3.8, 4) is 11.4 Å². The highest BCUT2D eigenvalue weighted by atomic mass is 16.2. The minimum Gasteiger partial charge on any atom is -0.382 e. The van der Waals surface area contributed by atoms with Crippen LogP contribution < -0.4 is 5.73 Å². The van der Waals surface area contributed by atoms with Crippen LogP contribution in [0.4, 0.5) is 5.82 Å². The molecule has 1 saturated carbocycles. The standard InChI is InChI=1S/C23H24N6O/c24-21-20-19(18-13-16-3-1-2-4-17(16)26-18)27-22(29(20)12-9-25-21)14-7-10-28(11-8-14)23(30)15-5-6-15/h1-4,9,12-15,26H,5-8,10-11H2,(H2,24,25). The van der Waals surface area contributed by atoms with Crippen LogP contribution >= 0.6 is 0 Å². The Bertz CT molecular complexity index is 1230. The molecule has 4 aromatic rings. The van der Waals surface area contributed by atoms with Gasteiger partial charge in [0.1, 0.15) is 22.9 Å². The third kappa shape index (κ3) is 2.76. The first-order chi connectivity index (χ1) is 14.7. The van der Waals surface area contributed by atoms with Gasteiger partial charge in [-0.05, 0) is 37.8 Å². The smallest absolute Gasteiger partial charge is 0.225 e. The molecule has 6 rings (SSSR count). The lowest BCUT2D eigenvalue weighted by Crippen LogP contribution is -2.39. The zero-order valence-electron chi connectivity index (χ0n) is 16.7. The topological polar surface area (TPSA) is 92.3 Å². The Labute approximate surface area is 173 Å². The highest BCUT2D eigenvalue weighted by molar-refractivity contribution is 5.91. The van der Waals surface area contributed by atoms with Crippen LogP contribution in [0.25, 0.3) is 27.8 Å². The van der Waals surface area contributed by atoms with E-state index in [1.165, 1.54) is 0 Å². The molecule has 152 valence electrons. The van der Waals surface area contributed by atoms with Gasteiger partial charge in [0, 0.05) is 48.2 Å².